The van der Waals surface area contributed by atoms with Gasteiger partial charge >= 0.3 is 23.9 Å². The standard InChI is InChI=1S/2C6H12O3S.2C4H10.Sn/c2*1-2-8-3-4-9-6(7)5-10;2*1-3-4-2;/h2*10H,2-5H2,1H3;2*3-4H2,1-2H3;/q;;;;+2/p-2. The molecule has 0 N–H and O–H groups in total. The predicted octanol–water partition coefficient (Wildman–Crippen LogP) is 3.46. The normalized spacial score (nSPS) is 8.55. The van der Waals surface area contributed by atoms with Gasteiger partial charge in [0.1, 0.15) is 13.2 Å². The first kappa shape index (κ1) is 39.8. The second kappa shape index (κ2) is 42.5. The van der Waals surface area contributed by atoms with Gasteiger partial charge in [0.25, 0.3) is 11.9 Å². The number of carbonyl (C=O) groups excluding carboxylic acids is 2. The van der Waals surface area contributed by atoms with Gasteiger partial charge in [-0.3, -0.25) is 9.59 Å². The van der Waals surface area contributed by atoms with Crippen molar-refractivity contribution in [2.45, 2.75) is 67.2 Å². The van der Waals surface area contributed by atoms with Crippen LogP contribution in [0.1, 0.15) is 67.2 Å². The summed E-state index contributed by atoms with van der Waals surface area (Å²) in [5, 5.41) is 0. The molecule has 0 atom stereocenters. The molecule has 6 nitrogen and oxygen atoms in total. The summed E-state index contributed by atoms with van der Waals surface area (Å²) < 4.78 is 19.1. The molecule has 0 aliphatic rings. The van der Waals surface area contributed by atoms with Gasteiger partial charge in [0.2, 0.25) is 0 Å². The molecule has 2 radical (unpaired) electrons. The van der Waals surface area contributed by atoms with Crippen molar-refractivity contribution in [3.8, 4) is 0 Å². The van der Waals surface area contributed by atoms with E-state index in [2.05, 4.69) is 62.4 Å². The molecule has 0 amide bonds. The molecule has 0 aliphatic carbocycles. The van der Waals surface area contributed by atoms with E-state index in [9.17, 15) is 9.59 Å². The molecular formula is C20H42O6S2Sn. The van der Waals surface area contributed by atoms with Crippen LogP contribution in [0.25, 0.3) is 0 Å². The Morgan fingerprint density at radius 3 is 1.03 bits per heavy atom. The predicted molar refractivity (Wildman–Crippen MR) is 126 cm³/mol. The van der Waals surface area contributed by atoms with E-state index < -0.39 is 0 Å². The maximum absolute atomic E-state index is 10.4. The topological polar surface area (TPSA) is 71.1 Å². The summed E-state index contributed by atoms with van der Waals surface area (Å²) in [7, 11) is 0. The zero-order chi connectivity index (χ0) is 22.5. The summed E-state index contributed by atoms with van der Waals surface area (Å²) >= 11 is 8.87. The third kappa shape index (κ3) is 58.5. The Morgan fingerprint density at radius 1 is 0.586 bits per heavy atom. The Balaban J connectivity index is -0.0000000950. The Hall–Kier alpha value is 0.359. The van der Waals surface area contributed by atoms with Crippen LogP contribution in [0.3, 0.4) is 0 Å². The number of unbranched alkanes of at least 4 members (excludes halogenated alkanes) is 2. The minimum atomic E-state index is -0.352. The van der Waals surface area contributed by atoms with Crippen molar-refractivity contribution < 1.29 is 28.5 Å². The molecule has 0 bridgehead atoms. The van der Waals surface area contributed by atoms with Crippen molar-refractivity contribution >= 4 is 61.1 Å². The Labute approximate surface area is 207 Å². The first-order valence-corrected chi connectivity index (χ1v) is 11.2. The molecule has 0 saturated carbocycles. The van der Waals surface area contributed by atoms with Crippen LogP contribution < -0.4 is 0 Å². The van der Waals surface area contributed by atoms with Crippen molar-refractivity contribution in [3.05, 3.63) is 0 Å². The molecule has 174 valence electrons. The van der Waals surface area contributed by atoms with Gasteiger partial charge in [0.05, 0.1) is 13.2 Å². The minimum Gasteiger partial charge on any atom is -0.782 e. The van der Waals surface area contributed by atoms with E-state index in [1.54, 1.807) is 0 Å². The molecule has 0 fully saturated rings. The molecule has 0 aliphatic heterocycles. The summed E-state index contributed by atoms with van der Waals surface area (Å²) in [6.45, 7) is 15.3. The van der Waals surface area contributed by atoms with E-state index in [1.165, 1.54) is 25.7 Å². The molecule has 0 aromatic carbocycles. The molecule has 0 heterocycles. The smallest absolute Gasteiger partial charge is 0.782 e. The van der Waals surface area contributed by atoms with Gasteiger partial charge < -0.3 is 44.2 Å². The second-order valence-corrected chi connectivity index (χ2v) is 5.70. The number of hydrogen-bond donors (Lipinski definition) is 0. The number of carbonyl (C=O) groups is 2. The van der Waals surface area contributed by atoms with Crippen LogP contribution in [0.5, 0.6) is 0 Å². The molecule has 9 heteroatoms. The summed E-state index contributed by atoms with van der Waals surface area (Å²) in [6, 6.07) is 0. The van der Waals surface area contributed by atoms with Gasteiger partial charge in [-0.2, -0.15) is 0 Å². The van der Waals surface area contributed by atoms with Gasteiger partial charge in [-0.15, -0.1) is 0 Å². The molecule has 29 heavy (non-hydrogen) atoms. The van der Waals surface area contributed by atoms with E-state index in [-0.39, 0.29) is 47.4 Å². The molecular weight excluding hydrogens is 519 g/mol. The first-order valence-electron chi connectivity index (χ1n) is 10.1. The minimum absolute atomic E-state index is 0. The molecule has 0 spiro atoms. The van der Waals surface area contributed by atoms with Crippen LogP contribution in [-0.4, -0.2) is 87.0 Å². The van der Waals surface area contributed by atoms with Crippen molar-refractivity contribution in [1.29, 1.82) is 0 Å². The maximum atomic E-state index is 10.4. The second-order valence-electron chi connectivity index (χ2n) is 5.12. The van der Waals surface area contributed by atoms with Crippen molar-refractivity contribution in [3.63, 3.8) is 0 Å². The zero-order valence-corrected chi connectivity index (χ0v) is 23.7. The molecule has 0 saturated heterocycles. The van der Waals surface area contributed by atoms with E-state index in [0.717, 1.165) is 0 Å². The Kier molecular flexibility index (Phi) is 58.3. The third-order valence-electron chi connectivity index (χ3n) is 2.63. The fourth-order valence-corrected chi connectivity index (χ4v) is 0.968. The molecule has 0 aromatic heterocycles. The monoisotopic (exact) mass is 562 g/mol. The quantitative estimate of drug-likeness (QED) is 0.155. The fraction of sp³-hybridized carbons (Fsp3) is 0.900. The number of hydrogen-bond acceptors (Lipinski definition) is 8. The fourth-order valence-electron chi connectivity index (χ4n) is 0.801. The molecule has 0 aromatic rings. The van der Waals surface area contributed by atoms with E-state index in [1.807, 2.05) is 13.8 Å². The van der Waals surface area contributed by atoms with Crippen LogP contribution in [0.2, 0.25) is 0 Å². The van der Waals surface area contributed by atoms with Gasteiger partial charge in [-0.05, 0) is 13.8 Å². The molecule has 0 rings (SSSR count). The van der Waals surface area contributed by atoms with Gasteiger partial charge in [-0.1, -0.05) is 64.9 Å². The van der Waals surface area contributed by atoms with E-state index in [4.69, 9.17) is 9.47 Å². The largest absolute Gasteiger partial charge is 2.00 e. The Morgan fingerprint density at radius 2 is 0.862 bits per heavy atom. The van der Waals surface area contributed by atoms with Gasteiger partial charge in [-0.25, -0.2) is 0 Å². The van der Waals surface area contributed by atoms with E-state index >= 15 is 0 Å². The third-order valence-corrected chi connectivity index (χ3v) is 3.10. The molecule has 0 unspecified atom stereocenters. The van der Waals surface area contributed by atoms with Crippen LogP contribution >= 0.6 is 0 Å². The van der Waals surface area contributed by atoms with Crippen molar-refractivity contribution in [2.75, 3.05) is 51.1 Å². The summed E-state index contributed by atoms with van der Waals surface area (Å²) in [6.07, 6.45) is 5.28. The maximum Gasteiger partial charge on any atom is 2.00 e. The van der Waals surface area contributed by atoms with Crippen LogP contribution in [0.4, 0.5) is 0 Å². The van der Waals surface area contributed by atoms with Gasteiger partial charge in [0, 0.05) is 13.2 Å². The van der Waals surface area contributed by atoms with Crippen molar-refractivity contribution in [2.24, 2.45) is 0 Å². The zero-order valence-electron chi connectivity index (χ0n) is 19.3. The van der Waals surface area contributed by atoms with E-state index in [0.29, 0.717) is 39.6 Å². The number of rotatable bonds is 12. The van der Waals surface area contributed by atoms with Crippen molar-refractivity contribution in [1.82, 2.24) is 0 Å². The van der Waals surface area contributed by atoms with Gasteiger partial charge in [0.15, 0.2) is 0 Å². The average Bonchev–Trinajstić information content (AvgIpc) is 2.74. The SMILES string of the molecule is CCCC.CCCC.CCOCCOC(=O)C[S-].CCOCCOC(=O)C[S-].[Sn+2]. The summed E-state index contributed by atoms with van der Waals surface area (Å²) in [5.74, 6) is -0.664. The van der Waals surface area contributed by atoms with Crippen LogP contribution in [0.15, 0.2) is 0 Å². The number of ether oxygens (including phenoxy) is 4. The summed E-state index contributed by atoms with van der Waals surface area (Å²) in [4.78, 5) is 20.8. The van der Waals surface area contributed by atoms with Crippen LogP contribution in [0, 0.1) is 0 Å². The first-order chi connectivity index (χ1) is 13.4. The Bertz CT molecular complexity index is 266. The number of esters is 2. The summed E-state index contributed by atoms with van der Waals surface area (Å²) in [5.41, 5.74) is 0. The average molecular weight is 561 g/mol. The van der Waals surface area contributed by atoms with Crippen LogP contribution in [-0.2, 0) is 53.8 Å².